The average molecular weight is 318 g/mol. The predicted molar refractivity (Wildman–Crippen MR) is 94.1 cm³/mol. The maximum atomic E-state index is 12.8. The Labute approximate surface area is 140 Å². The van der Waals surface area contributed by atoms with E-state index in [0.29, 0.717) is 19.4 Å². The molecule has 0 bridgehead atoms. The van der Waals surface area contributed by atoms with Gasteiger partial charge in [-0.3, -0.25) is 9.59 Å². The lowest BCUT2D eigenvalue weighted by molar-refractivity contribution is -0.136. The zero-order valence-corrected chi connectivity index (χ0v) is 14.7. The van der Waals surface area contributed by atoms with Crippen LogP contribution in [-0.2, 0) is 16.0 Å². The summed E-state index contributed by atoms with van der Waals surface area (Å²) in [5.74, 6) is -0.0254. The molecule has 0 saturated heterocycles. The zero-order chi connectivity index (χ0) is 17.1. The minimum atomic E-state index is -0.478. The van der Waals surface area contributed by atoms with E-state index in [9.17, 15) is 9.59 Å². The van der Waals surface area contributed by atoms with E-state index in [1.165, 1.54) is 0 Å². The molecular formula is C19H30N2O2. The van der Waals surface area contributed by atoms with Gasteiger partial charge in [0.15, 0.2) is 0 Å². The molecule has 1 aromatic rings. The Kier molecular flexibility index (Phi) is 9.03. The molecule has 1 unspecified atom stereocenters. The molecule has 0 saturated carbocycles. The quantitative estimate of drug-likeness (QED) is 0.720. The first-order valence-corrected chi connectivity index (χ1v) is 8.74. The molecule has 0 aromatic heterocycles. The van der Waals surface area contributed by atoms with Crippen LogP contribution in [0, 0.1) is 0 Å². The van der Waals surface area contributed by atoms with Crippen LogP contribution >= 0.6 is 0 Å². The highest BCUT2D eigenvalue weighted by Crippen LogP contribution is 2.08. The molecule has 0 aliphatic heterocycles. The third-order valence-electron chi connectivity index (χ3n) is 3.87. The summed E-state index contributed by atoms with van der Waals surface area (Å²) in [5, 5.41) is 2.93. The maximum Gasteiger partial charge on any atom is 0.245 e. The summed E-state index contributed by atoms with van der Waals surface area (Å²) < 4.78 is 0. The molecule has 0 radical (unpaired) electrons. The van der Waals surface area contributed by atoms with Gasteiger partial charge in [0.1, 0.15) is 6.04 Å². The zero-order valence-electron chi connectivity index (χ0n) is 14.7. The van der Waals surface area contributed by atoms with Crippen molar-refractivity contribution in [2.75, 3.05) is 13.1 Å². The SMILES string of the molecule is CCCCN(CC)C(=O)C(Cc1ccccc1)NC(=O)CCC. The van der Waals surface area contributed by atoms with Crippen molar-refractivity contribution in [3.8, 4) is 0 Å². The third kappa shape index (κ3) is 6.85. The summed E-state index contributed by atoms with van der Waals surface area (Å²) in [6, 6.07) is 9.38. The Hall–Kier alpha value is -1.84. The van der Waals surface area contributed by atoms with Crippen molar-refractivity contribution >= 4 is 11.8 Å². The van der Waals surface area contributed by atoms with Crippen LogP contribution in [0.3, 0.4) is 0 Å². The first kappa shape index (κ1) is 19.2. The Bertz CT molecular complexity index is 474. The second-order valence-electron chi connectivity index (χ2n) is 5.83. The highest BCUT2D eigenvalue weighted by Gasteiger charge is 2.25. The Morgan fingerprint density at radius 1 is 1.09 bits per heavy atom. The fourth-order valence-corrected chi connectivity index (χ4v) is 2.54. The van der Waals surface area contributed by atoms with Gasteiger partial charge < -0.3 is 10.2 Å². The second kappa shape index (κ2) is 10.8. The topological polar surface area (TPSA) is 49.4 Å². The molecule has 0 aliphatic rings. The third-order valence-corrected chi connectivity index (χ3v) is 3.87. The van der Waals surface area contributed by atoms with E-state index in [0.717, 1.165) is 31.4 Å². The number of unbranched alkanes of at least 4 members (excludes halogenated alkanes) is 1. The van der Waals surface area contributed by atoms with E-state index >= 15 is 0 Å². The lowest BCUT2D eigenvalue weighted by atomic mass is 10.0. The molecule has 4 nitrogen and oxygen atoms in total. The van der Waals surface area contributed by atoms with Crippen LogP contribution in [0.15, 0.2) is 30.3 Å². The van der Waals surface area contributed by atoms with E-state index in [-0.39, 0.29) is 11.8 Å². The molecule has 0 aliphatic carbocycles. The van der Waals surface area contributed by atoms with Gasteiger partial charge in [-0.25, -0.2) is 0 Å². The predicted octanol–water partition coefficient (Wildman–Crippen LogP) is 3.16. The lowest BCUT2D eigenvalue weighted by Crippen LogP contribution is -2.50. The largest absolute Gasteiger partial charge is 0.344 e. The molecule has 128 valence electrons. The van der Waals surface area contributed by atoms with Crippen molar-refractivity contribution in [3.63, 3.8) is 0 Å². The van der Waals surface area contributed by atoms with Crippen LogP contribution in [-0.4, -0.2) is 35.8 Å². The molecule has 0 spiro atoms. The van der Waals surface area contributed by atoms with Gasteiger partial charge in [0.05, 0.1) is 0 Å². The van der Waals surface area contributed by atoms with Gasteiger partial charge in [-0.15, -0.1) is 0 Å². The fraction of sp³-hybridized carbons (Fsp3) is 0.579. The summed E-state index contributed by atoms with van der Waals surface area (Å²) in [6.07, 6.45) is 3.82. The molecule has 1 aromatic carbocycles. The summed E-state index contributed by atoms with van der Waals surface area (Å²) >= 11 is 0. The van der Waals surface area contributed by atoms with Gasteiger partial charge in [0.25, 0.3) is 0 Å². The minimum Gasteiger partial charge on any atom is -0.344 e. The van der Waals surface area contributed by atoms with E-state index in [4.69, 9.17) is 0 Å². The smallest absolute Gasteiger partial charge is 0.245 e. The minimum absolute atomic E-state index is 0.0225. The summed E-state index contributed by atoms with van der Waals surface area (Å²) in [6.45, 7) is 7.49. The number of amides is 2. The molecule has 2 amide bonds. The lowest BCUT2D eigenvalue weighted by Gasteiger charge is -2.27. The Balaban J connectivity index is 2.83. The highest BCUT2D eigenvalue weighted by molar-refractivity contribution is 5.87. The molecule has 0 heterocycles. The molecule has 1 atom stereocenters. The van der Waals surface area contributed by atoms with Crippen molar-refractivity contribution in [1.82, 2.24) is 10.2 Å². The average Bonchev–Trinajstić information content (AvgIpc) is 2.56. The van der Waals surface area contributed by atoms with E-state index in [2.05, 4.69) is 12.2 Å². The van der Waals surface area contributed by atoms with Crippen LogP contribution in [0.2, 0.25) is 0 Å². The van der Waals surface area contributed by atoms with Crippen molar-refractivity contribution in [3.05, 3.63) is 35.9 Å². The van der Waals surface area contributed by atoms with E-state index < -0.39 is 6.04 Å². The van der Waals surface area contributed by atoms with Gasteiger partial charge in [0.2, 0.25) is 11.8 Å². The van der Waals surface area contributed by atoms with Crippen molar-refractivity contribution in [1.29, 1.82) is 0 Å². The van der Waals surface area contributed by atoms with Crippen molar-refractivity contribution in [2.45, 2.75) is 58.9 Å². The molecule has 0 fully saturated rings. The molecule has 23 heavy (non-hydrogen) atoms. The monoisotopic (exact) mass is 318 g/mol. The number of carbonyl (C=O) groups is 2. The first-order chi connectivity index (χ1) is 11.1. The second-order valence-corrected chi connectivity index (χ2v) is 5.83. The Morgan fingerprint density at radius 3 is 2.35 bits per heavy atom. The number of likely N-dealkylation sites (N-methyl/N-ethyl adjacent to an activating group) is 1. The van der Waals surface area contributed by atoms with E-state index in [1.54, 1.807) is 0 Å². The van der Waals surface area contributed by atoms with Gasteiger partial charge in [-0.2, -0.15) is 0 Å². The van der Waals surface area contributed by atoms with Crippen LogP contribution < -0.4 is 5.32 Å². The molecule has 1 rings (SSSR count). The summed E-state index contributed by atoms with van der Waals surface area (Å²) in [7, 11) is 0. The van der Waals surface area contributed by atoms with Crippen LogP contribution in [0.4, 0.5) is 0 Å². The van der Waals surface area contributed by atoms with Gasteiger partial charge >= 0.3 is 0 Å². The number of hydrogen-bond acceptors (Lipinski definition) is 2. The van der Waals surface area contributed by atoms with Crippen molar-refractivity contribution in [2.24, 2.45) is 0 Å². The fourth-order valence-electron chi connectivity index (χ4n) is 2.54. The highest BCUT2D eigenvalue weighted by atomic mass is 16.2. The van der Waals surface area contributed by atoms with Gasteiger partial charge in [-0.1, -0.05) is 50.6 Å². The number of benzene rings is 1. The van der Waals surface area contributed by atoms with Crippen LogP contribution in [0.1, 0.15) is 52.0 Å². The maximum absolute atomic E-state index is 12.8. The summed E-state index contributed by atoms with van der Waals surface area (Å²) in [5.41, 5.74) is 1.06. The Morgan fingerprint density at radius 2 is 1.78 bits per heavy atom. The standard InChI is InChI=1S/C19H30N2O2/c1-4-7-14-21(6-3)19(23)17(20-18(22)11-5-2)15-16-12-9-8-10-13-16/h8-10,12-13,17H,4-7,11,14-15H2,1-3H3,(H,20,22). The number of hydrogen-bond donors (Lipinski definition) is 1. The van der Waals surface area contributed by atoms with Gasteiger partial charge in [0, 0.05) is 25.9 Å². The first-order valence-electron chi connectivity index (χ1n) is 8.74. The molecule has 1 N–H and O–H groups in total. The molecular weight excluding hydrogens is 288 g/mol. The number of rotatable bonds is 10. The number of carbonyl (C=O) groups excluding carboxylic acids is 2. The normalized spacial score (nSPS) is 11.8. The number of nitrogens with zero attached hydrogens (tertiary/aromatic N) is 1. The van der Waals surface area contributed by atoms with Crippen LogP contribution in [0.25, 0.3) is 0 Å². The van der Waals surface area contributed by atoms with E-state index in [1.807, 2.05) is 49.1 Å². The van der Waals surface area contributed by atoms with Crippen LogP contribution in [0.5, 0.6) is 0 Å². The van der Waals surface area contributed by atoms with Gasteiger partial charge in [-0.05, 0) is 25.3 Å². The van der Waals surface area contributed by atoms with Crippen molar-refractivity contribution < 1.29 is 9.59 Å². The number of nitrogens with one attached hydrogen (secondary N) is 1. The molecule has 4 heteroatoms. The summed E-state index contributed by atoms with van der Waals surface area (Å²) in [4.78, 5) is 26.7.